The first-order chi connectivity index (χ1) is 17.0. The van der Waals surface area contributed by atoms with Crippen LogP contribution in [-0.4, -0.2) is 46.2 Å². The van der Waals surface area contributed by atoms with Crippen molar-refractivity contribution < 1.29 is 9.18 Å². The largest absolute Gasteiger partial charge is 0.356 e. The molecule has 2 aromatic heterocycles. The van der Waals surface area contributed by atoms with Gasteiger partial charge < -0.3 is 15.1 Å². The highest BCUT2D eigenvalue weighted by Crippen LogP contribution is 2.31. The summed E-state index contributed by atoms with van der Waals surface area (Å²) in [4.78, 5) is 26.7. The number of aromatic amines is 1. The molecule has 1 fully saturated rings. The van der Waals surface area contributed by atoms with Crippen LogP contribution in [0.15, 0.2) is 70.7 Å². The Bertz CT molecular complexity index is 1350. The van der Waals surface area contributed by atoms with E-state index in [0.717, 1.165) is 35.9 Å². The summed E-state index contributed by atoms with van der Waals surface area (Å²) >= 11 is 1.43. The Morgan fingerprint density at radius 1 is 1.09 bits per heavy atom. The zero-order chi connectivity index (χ0) is 24.4. The fourth-order valence-electron chi connectivity index (χ4n) is 3.62. The fourth-order valence-corrected chi connectivity index (χ4v) is 4.39. The normalized spacial score (nSPS) is 12.8. The van der Waals surface area contributed by atoms with Crippen LogP contribution in [0.1, 0.15) is 22.5 Å². The molecule has 0 unspecified atom stereocenters. The highest BCUT2D eigenvalue weighted by Gasteiger charge is 2.19. The van der Waals surface area contributed by atoms with Crippen LogP contribution in [0.25, 0.3) is 0 Å². The second kappa shape index (κ2) is 9.75. The minimum absolute atomic E-state index is 0.0387. The molecule has 4 aromatic rings. The van der Waals surface area contributed by atoms with Gasteiger partial charge in [-0.15, -0.1) is 0 Å². The number of anilines is 4. The highest BCUT2D eigenvalue weighted by molar-refractivity contribution is 7.99. The molecule has 5 rings (SSSR count). The Labute approximate surface area is 206 Å². The van der Waals surface area contributed by atoms with Crippen molar-refractivity contribution in [2.45, 2.75) is 23.4 Å². The van der Waals surface area contributed by atoms with Gasteiger partial charge in [-0.3, -0.25) is 9.89 Å². The van der Waals surface area contributed by atoms with Gasteiger partial charge >= 0.3 is 0 Å². The fraction of sp³-hybridized carbons (Fsp3) is 0.200. The number of carbonyl (C=O) groups is 1. The van der Waals surface area contributed by atoms with Crippen LogP contribution < -0.4 is 15.1 Å². The van der Waals surface area contributed by atoms with E-state index in [9.17, 15) is 9.18 Å². The molecule has 0 radical (unpaired) electrons. The number of carbonyl (C=O) groups excluding carboxylic acids is 1. The van der Waals surface area contributed by atoms with Crippen molar-refractivity contribution >= 4 is 40.8 Å². The standard InChI is InChI=1S/C25H24FN7OS/c1-16-14-22(31-30-16)27-21-15-23(33-12-5-13-33)29-25(28-21)35-18-10-8-17(9-11-18)32(2)24(34)19-6-3-4-7-20(19)26/h3-4,6-11,14-15H,5,12-13H2,1-2H3,(H2,27,28,29,30,31). The first-order valence-corrected chi connectivity index (χ1v) is 12.0. The second-order valence-electron chi connectivity index (χ2n) is 8.24. The van der Waals surface area contributed by atoms with E-state index in [-0.39, 0.29) is 5.56 Å². The Morgan fingerprint density at radius 2 is 1.86 bits per heavy atom. The number of benzene rings is 2. The second-order valence-corrected chi connectivity index (χ2v) is 9.28. The number of hydrogen-bond donors (Lipinski definition) is 2. The van der Waals surface area contributed by atoms with Gasteiger partial charge in [0.1, 0.15) is 17.5 Å². The SMILES string of the molecule is Cc1cc(Nc2cc(N3CCC3)nc(Sc3ccc(N(C)C(=O)c4ccccc4F)cc3)n2)n[nH]1. The maximum absolute atomic E-state index is 14.0. The van der Waals surface area contributed by atoms with Crippen molar-refractivity contribution in [3.63, 3.8) is 0 Å². The lowest BCUT2D eigenvalue weighted by Gasteiger charge is -2.32. The Morgan fingerprint density at radius 3 is 2.51 bits per heavy atom. The summed E-state index contributed by atoms with van der Waals surface area (Å²) in [6.45, 7) is 3.88. The van der Waals surface area contributed by atoms with Crippen molar-refractivity contribution in [3.05, 3.63) is 77.7 Å². The number of rotatable bonds is 7. The number of halogens is 1. The smallest absolute Gasteiger partial charge is 0.260 e. The predicted molar refractivity (Wildman–Crippen MR) is 135 cm³/mol. The minimum Gasteiger partial charge on any atom is -0.356 e. The maximum atomic E-state index is 14.0. The molecule has 0 spiro atoms. The van der Waals surface area contributed by atoms with E-state index in [1.165, 1.54) is 28.8 Å². The van der Waals surface area contributed by atoms with Gasteiger partial charge in [0.15, 0.2) is 11.0 Å². The monoisotopic (exact) mass is 489 g/mol. The summed E-state index contributed by atoms with van der Waals surface area (Å²) in [5, 5.41) is 11.0. The Kier molecular flexibility index (Phi) is 6.37. The molecule has 2 N–H and O–H groups in total. The molecular weight excluding hydrogens is 465 g/mol. The van der Waals surface area contributed by atoms with Gasteiger partial charge in [-0.25, -0.2) is 14.4 Å². The molecule has 1 saturated heterocycles. The number of aryl methyl sites for hydroxylation is 1. The molecule has 1 amide bonds. The maximum Gasteiger partial charge on any atom is 0.260 e. The van der Waals surface area contributed by atoms with Gasteiger partial charge in [0.05, 0.1) is 5.56 Å². The molecule has 178 valence electrons. The van der Waals surface area contributed by atoms with Crippen LogP contribution in [0, 0.1) is 12.7 Å². The third-order valence-electron chi connectivity index (χ3n) is 5.68. The van der Waals surface area contributed by atoms with Gasteiger partial charge in [-0.2, -0.15) is 5.10 Å². The molecule has 0 aliphatic carbocycles. The first-order valence-electron chi connectivity index (χ1n) is 11.2. The summed E-state index contributed by atoms with van der Waals surface area (Å²) in [6.07, 6.45) is 1.15. The molecule has 0 atom stereocenters. The summed E-state index contributed by atoms with van der Waals surface area (Å²) < 4.78 is 14.0. The van der Waals surface area contributed by atoms with E-state index in [1.54, 1.807) is 19.2 Å². The zero-order valence-corrected chi connectivity index (χ0v) is 20.1. The van der Waals surface area contributed by atoms with Crippen LogP contribution in [0.2, 0.25) is 0 Å². The summed E-state index contributed by atoms with van der Waals surface area (Å²) in [7, 11) is 1.63. The molecule has 10 heteroatoms. The average Bonchev–Trinajstić information content (AvgIpc) is 3.22. The van der Waals surface area contributed by atoms with Crippen molar-refractivity contribution in [1.29, 1.82) is 0 Å². The lowest BCUT2D eigenvalue weighted by Crippen LogP contribution is -2.37. The number of amides is 1. The molecule has 0 bridgehead atoms. The molecule has 35 heavy (non-hydrogen) atoms. The highest BCUT2D eigenvalue weighted by atomic mass is 32.2. The molecule has 0 saturated carbocycles. The zero-order valence-electron chi connectivity index (χ0n) is 19.3. The third-order valence-corrected chi connectivity index (χ3v) is 6.55. The lowest BCUT2D eigenvalue weighted by atomic mass is 10.2. The number of nitrogens with one attached hydrogen (secondary N) is 2. The van der Waals surface area contributed by atoms with Crippen LogP contribution in [0.3, 0.4) is 0 Å². The van der Waals surface area contributed by atoms with Crippen LogP contribution in [-0.2, 0) is 0 Å². The Balaban J connectivity index is 1.34. The quantitative estimate of drug-likeness (QED) is 0.352. The number of H-pyrrole nitrogens is 1. The van der Waals surface area contributed by atoms with Crippen LogP contribution >= 0.6 is 11.8 Å². The van der Waals surface area contributed by atoms with Crippen LogP contribution in [0.4, 0.5) is 27.5 Å². The molecule has 8 nitrogen and oxygen atoms in total. The lowest BCUT2D eigenvalue weighted by molar-refractivity contribution is 0.0989. The summed E-state index contributed by atoms with van der Waals surface area (Å²) in [6, 6.07) is 17.3. The van der Waals surface area contributed by atoms with E-state index in [0.29, 0.717) is 22.5 Å². The van der Waals surface area contributed by atoms with Gasteiger partial charge in [0.25, 0.3) is 5.91 Å². The summed E-state index contributed by atoms with van der Waals surface area (Å²) in [5.74, 6) is 1.29. The molecular formula is C25H24FN7OS. The van der Waals surface area contributed by atoms with Crippen molar-refractivity contribution in [2.75, 3.05) is 35.3 Å². The number of nitrogens with zero attached hydrogens (tertiary/aromatic N) is 5. The third kappa shape index (κ3) is 5.12. The van der Waals surface area contributed by atoms with Gasteiger partial charge in [0.2, 0.25) is 0 Å². The summed E-state index contributed by atoms with van der Waals surface area (Å²) in [5.41, 5.74) is 1.66. The van der Waals surface area contributed by atoms with Gasteiger partial charge in [-0.05, 0) is 61.5 Å². The predicted octanol–water partition coefficient (Wildman–Crippen LogP) is 5.03. The molecule has 1 aliphatic heterocycles. The number of hydrogen-bond acceptors (Lipinski definition) is 7. The topological polar surface area (TPSA) is 90.0 Å². The minimum atomic E-state index is -0.537. The number of aromatic nitrogens is 4. The van der Waals surface area contributed by atoms with E-state index in [1.807, 2.05) is 43.3 Å². The van der Waals surface area contributed by atoms with E-state index >= 15 is 0 Å². The van der Waals surface area contributed by atoms with Crippen molar-refractivity contribution in [1.82, 2.24) is 20.2 Å². The first kappa shape index (κ1) is 22.9. The van der Waals surface area contributed by atoms with Crippen molar-refractivity contribution in [3.8, 4) is 0 Å². The van der Waals surface area contributed by atoms with E-state index in [4.69, 9.17) is 4.98 Å². The van der Waals surface area contributed by atoms with E-state index in [2.05, 4.69) is 25.4 Å². The van der Waals surface area contributed by atoms with Crippen molar-refractivity contribution in [2.24, 2.45) is 0 Å². The van der Waals surface area contributed by atoms with Gasteiger partial charge in [-0.1, -0.05) is 12.1 Å². The molecule has 2 aromatic carbocycles. The molecule has 1 aliphatic rings. The Hall–Kier alpha value is -3.92. The van der Waals surface area contributed by atoms with Crippen LogP contribution in [0.5, 0.6) is 0 Å². The average molecular weight is 490 g/mol. The van der Waals surface area contributed by atoms with E-state index < -0.39 is 11.7 Å². The van der Waals surface area contributed by atoms with Gasteiger partial charge in [0, 0.05) is 48.5 Å². The molecule has 3 heterocycles.